The van der Waals surface area contributed by atoms with E-state index in [1.807, 2.05) is 75.4 Å². The van der Waals surface area contributed by atoms with Gasteiger partial charge in [0, 0.05) is 30.5 Å². The van der Waals surface area contributed by atoms with E-state index < -0.39 is 0 Å². The Bertz CT molecular complexity index is 1110. The molecule has 172 valence electrons. The number of rotatable bonds is 7. The van der Waals surface area contributed by atoms with Crippen LogP contribution in [0, 0.1) is 12.8 Å². The summed E-state index contributed by atoms with van der Waals surface area (Å²) >= 11 is 0. The van der Waals surface area contributed by atoms with E-state index in [2.05, 4.69) is 4.98 Å². The number of benzene rings is 2. The summed E-state index contributed by atoms with van der Waals surface area (Å²) in [6.07, 6.45) is 0.331. The number of nitrogens with zero attached hydrogens (tertiary/aromatic N) is 2. The van der Waals surface area contributed by atoms with Gasteiger partial charge in [-0.3, -0.25) is 0 Å². The van der Waals surface area contributed by atoms with Crippen molar-refractivity contribution in [1.82, 2.24) is 9.88 Å². The quantitative estimate of drug-likeness (QED) is 0.474. The summed E-state index contributed by atoms with van der Waals surface area (Å²) in [5, 5.41) is 0. The van der Waals surface area contributed by atoms with E-state index in [9.17, 15) is 9.59 Å². The highest BCUT2D eigenvalue weighted by Crippen LogP contribution is 2.34. The zero-order valence-electron chi connectivity index (χ0n) is 19.1. The van der Waals surface area contributed by atoms with Gasteiger partial charge in [-0.15, -0.1) is 0 Å². The molecule has 1 aliphatic heterocycles. The van der Waals surface area contributed by atoms with Gasteiger partial charge < -0.3 is 23.6 Å². The Morgan fingerprint density at radius 3 is 2.70 bits per heavy atom. The van der Waals surface area contributed by atoms with Gasteiger partial charge in [0.2, 0.25) is 5.89 Å². The predicted molar refractivity (Wildman–Crippen MR) is 123 cm³/mol. The Labute approximate surface area is 193 Å². The maximum Gasteiger partial charge on any atom is 0.410 e. The molecule has 4 rings (SSSR count). The standard InChI is InChI=1S/C26H28N2O5/c1-17(2)32-26(30)28-13-21(15-29)23(14-28)20-10-7-11-22(12-20)31-16-24-18(3)33-25(27-24)19-8-5-4-6-9-19/h4-12,15,17,21,23H,13-14,16H2,1-3H3/t21?,23-/m0/s1. The summed E-state index contributed by atoms with van der Waals surface area (Å²) in [5.74, 6) is 1.55. The number of hydrogen-bond donors (Lipinski definition) is 0. The minimum atomic E-state index is -0.387. The highest BCUT2D eigenvalue weighted by molar-refractivity contribution is 5.70. The maximum absolute atomic E-state index is 12.3. The first kappa shape index (κ1) is 22.6. The highest BCUT2D eigenvalue weighted by atomic mass is 16.6. The predicted octanol–water partition coefficient (Wildman–Crippen LogP) is 4.99. The van der Waals surface area contributed by atoms with Gasteiger partial charge >= 0.3 is 6.09 Å². The average Bonchev–Trinajstić information content (AvgIpc) is 3.42. The van der Waals surface area contributed by atoms with Crippen LogP contribution in [-0.2, 0) is 16.1 Å². The maximum atomic E-state index is 12.3. The number of aromatic nitrogens is 1. The van der Waals surface area contributed by atoms with Gasteiger partial charge in [0.25, 0.3) is 0 Å². The lowest BCUT2D eigenvalue weighted by molar-refractivity contribution is -0.111. The number of likely N-dealkylation sites (tertiary alicyclic amines) is 1. The first-order chi connectivity index (χ1) is 15.9. The lowest BCUT2D eigenvalue weighted by Crippen LogP contribution is -2.31. The lowest BCUT2D eigenvalue weighted by atomic mass is 9.90. The molecule has 1 aliphatic rings. The van der Waals surface area contributed by atoms with Crippen molar-refractivity contribution in [3.63, 3.8) is 0 Å². The summed E-state index contributed by atoms with van der Waals surface area (Å²) in [6.45, 7) is 6.53. The minimum absolute atomic E-state index is 0.107. The van der Waals surface area contributed by atoms with E-state index in [1.54, 1.807) is 4.90 Å². The van der Waals surface area contributed by atoms with E-state index in [1.165, 1.54) is 0 Å². The number of ether oxygens (including phenoxy) is 2. The van der Waals surface area contributed by atoms with Crippen LogP contribution in [-0.4, -0.2) is 41.5 Å². The number of carbonyl (C=O) groups excluding carboxylic acids is 2. The van der Waals surface area contributed by atoms with Crippen LogP contribution in [0.4, 0.5) is 4.79 Å². The molecule has 1 unspecified atom stereocenters. The lowest BCUT2D eigenvalue weighted by Gasteiger charge is -2.18. The molecule has 2 aromatic carbocycles. The molecule has 0 N–H and O–H groups in total. The monoisotopic (exact) mass is 448 g/mol. The summed E-state index contributed by atoms with van der Waals surface area (Å²) in [5.41, 5.74) is 2.59. The van der Waals surface area contributed by atoms with Crippen molar-refractivity contribution >= 4 is 12.4 Å². The van der Waals surface area contributed by atoms with E-state index in [4.69, 9.17) is 13.9 Å². The van der Waals surface area contributed by atoms with Gasteiger partial charge in [0.15, 0.2) is 0 Å². The van der Waals surface area contributed by atoms with Crippen molar-refractivity contribution < 1.29 is 23.5 Å². The minimum Gasteiger partial charge on any atom is -0.487 e. The zero-order valence-corrected chi connectivity index (χ0v) is 19.1. The molecule has 33 heavy (non-hydrogen) atoms. The van der Waals surface area contributed by atoms with Gasteiger partial charge in [-0.05, 0) is 50.6 Å². The number of oxazole rings is 1. The second-order valence-electron chi connectivity index (χ2n) is 8.49. The number of hydrogen-bond acceptors (Lipinski definition) is 6. The van der Waals surface area contributed by atoms with E-state index in [-0.39, 0.29) is 30.6 Å². The Balaban J connectivity index is 1.45. The normalized spacial score (nSPS) is 17.9. The van der Waals surface area contributed by atoms with Crippen LogP contribution in [0.1, 0.15) is 36.8 Å². The SMILES string of the molecule is Cc1oc(-c2ccccc2)nc1COc1cccc([C@@H]2CN(C(=O)OC(C)C)CC2C=O)c1. The third kappa shape index (κ3) is 5.25. The van der Waals surface area contributed by atoms with Gasteiger partial charge in [0.1, 0.15) is 30.1 Å². The fourth-order valence-corrected chi connectivity index (χ4v) is 4.00. The van der Waals surface area contributed by atoms with Crippen molar-refractivity contribution in [1.29, 1.82) is 0 Å². The molecular weight excluding hydrogens is 420 g/mol. The van der Waals surface area contributed by atoms with Gasteiger partial charge in [-0.2, -0.15) is 0 Å². The molecule has 0 aliphatic carbocycles. The van der Waals surface area contributed by atoms with Crippen LogP contribution in [0.25, 0.3) is 11.5 Å². The molecule has 1 saturated heterocycles. The van der Waals surface area contributed by atoms with Gasteiger partial charge in [-0.25, -0.2) is 9.78 Å². The summed E-state index contributed by atoms with van der Waals surface area (Å²) < 4.78 is 17.1. The Morgan fingerprint density at radius 1 is 1.18 bits per heavy atom. The summed E-state index contributed by atoms with van der Waals surface area (Å²) in [7, 11) is 0. The molecule has 1 amide bonds. The molecule has 0 saturated carbocycles. The van der Waals surface area contributed by atoms with Crippen LogP contribution < -0.4 is 4.74 Å². The molecule has 3 aromatic rings. The first-order valence-corrected chi connectivity index (χ1v) is 11.1. The average molecular weight is 449 g/mol. The number of amides is 1. The van der Waals surface area contributed by atoms with Crippen molar-refractivity contribution in [2.24, 2.45) is 5.92 Å². The van der Waals surface area contributed by atoms with Gasteiger partial charge in [0.05, 0.1) is 6.10 Å². The zero-order chi connectivity index (χ0) is 23.4. The molecule has 2 heterocycles. The molecule has 0 spiro atoms. The molecule has 0 bridgehead atoms. The van der Waals surface area contributed by atoms with Crippen molar-refractivity contribution in [2.75, 3.05) is 13.1 Å². The van der Waals surface area contributed by atoms with Crippen LogP contribution >= 0.6 is 0 Å². The van der Waals surface area contributed by atoms with Crippen LogP contribution in [0.3, 0.4) is 0 Å². The molecule has 7 nitrogen and oxygen atoms in total. The number of carbonyl (C=O) groups is 2. The van der Waals surface area contributed by atoms with Crippen LogP contribution in [0.15, 0.2) is 59.0 Å². The topological polar surface area (TPSA) is 81.9 Å². The third-order valence-corrected chi connectivity index (χ3v) is 5.71. The second kappa shape index (κ2) is 9.90. The van der Waals surface area contributed by atoms with Crippen LogP contribution in [0.2, 0.25) is 0 Å². The Kier molecular flexibility index (Phi) is 6.77. The molecule has 1 aromatic heterocycles. The smallest absolute Gasteiger partial charge is 0.410 e. The molecule has 0 radical (unpaired) electrons. The first-order valence-electron chi connectivity index (χ1n) is 11.1. The molecule has 7 heteroatoms. The molecule has 1 fully saturated rings. The number of aryl methyl sites for hydroxylation is 1. The van der Waals surface area contributed by atoms with E-state index in [0.717, 1.165) is 23.1 Å². The van der Waals surface area contributed by atoms with Crippen molar-refractivity contribution in [2.45, 2.75) is 39.4 Å². The highest BCUT2D eigenvalue weighted by Gasteiger charge is 2.37. The molecular formula is C26H28N2O5. The molecule has 2 atom stereocenters. The third-order valence-electron chi connectivity index (χ3n) is 5.71. The van der Waals surface area contributed by atoms with Crippen molar-refractivity contribution in [3.05, 3.63) is 71.6 Å². The number of aldehydes is 1. The Morgan fingerprint density at radius 2 is 1.97 bits per heavy atom. The van der Waals surface area contributed by atoms with Gasteiger partial charge in [-0.1, -0.05) is 30.3 Å². The van der Waals surface area contributed by atoms with Crippen LogP contribution in [0.5, 0.6) is 5.75 Å². The second-order valence-corrected chi connectivity index (χ2v) is 8.49. The summed E-state index contributed by atoms with van der Waals surface area (Å²) in [4.78, 5) is 30.2. The summed E-state index contributed by atoms with van der Waals surface area (Å²) in [6, 6.07) is 17.4. The van der Waals surface area contributed by atoms with E-state index in [0.29, 0.717) is 30.5 Å². The fraction of sp³-hybridized carbons (Fsp3) is 0.346. The largest absolute Gasteiger partial charge is 0.487 e. The Hall–Kier alpha value is -3.61. The van der Waals surface area contributed by atoms with Crippen molar-refractivity contribution in [3.8, 4) is 17.2 Å². The van der Waals surface area contributed by atoms with E-state index >= 15 is 0 Å². The fourth-order valence-electron chi connectivity index (χ4n) is 4.00.